The Labute approximate surface area is 192 Å². The molecule has 2 amide bonds. The molecule has 0 aliphatic carbocycles. The highest BCUT2D eigenvalue weighted by molar-refractivity contribution is 6.00. The van der Waals surface area contributed by atoms with Gasteiger partial charge < -0.3 is 16.4 Å². The van der Waals surface area contributed by atoms with Crippen LogP contribution in [-0.2, 0) is 0 Å². The number of alkyl halides is 9. The van der Waals surface area contributed by atoms with Crippen molar-refractivity contribution < 1.29 is 44.3 Å². The van der Waals surface area contributed by atoms with E-state index in [1.807, 2.05) is 0 Å². The molecule has 35 heavy (non-hydrogen) atoms. The average molecular weight is 515 g/mol. The number of carbonyl (C=O) groups excluding carboxylic acids is 1. The van der Waals surface area contributed by atoms with Crippen molar-refractivity contribution in [3.05, 3.63) is 66.0 Å². The fraction of sp³-hybridized carbons (Fsp3) is 0.250. The average Bonchev–Trinajstić information content (AvgIpc) is 2.74. The van der Waals surface area contributed by atoms with E-state index in [4.69, 9.17) is 11.6 Å². The van der Waals surface area contributed by atoms with E-state index in [0.29, 0.717) is 5.69 Å². The third-order valence-electron chi connectivity index (χ3n) is 4.60. The van der Waals surface area contributed by atoms with Crippen LogP contribution < -0.4 is 27.2 Å². The highest BCUT2D eigenvalue weighted by atomic mass is 19.4. The summed E-state index contributed by atoms with van der Waals surface area (Å²) in [4.78, 5) is 12.1. The monoisotopic (exact) mass is 515 g/mol. The Hall–Kier alpha value is -3.62. The summed E-state index contributed by atoms with van der Waals surface area (Å²) in [7, 11) is 0. The predicted molar refractivity (Wildman–Crippen MR) is 110 cm³/mol. The molecule has 0 heterocycles. The number of aryl methyl sites for hydroxylation is 1. The maximum Gasteiger partial charge on any atom is 0.460 e. The van der Waals surface area contributed by atoms with Gasteiger partial charge in [0.05, 0.1) is 5.69 Å². The number of nitrogens with one attached hydrogen (secondary N) is 2. The van der Waals surface area contributed by atoms with E-state index in [0.717, 1.165) is 17.7 Å². The summed E-state index contributed by atoms with van der Waals surface area (Å²) in [6.45, 7) is 1.75. The molecule has 2 rings (SSSR count). The van der Waals surface area contributed by atoms with Crippen molar-refractivity contribution >= 4 is 23.1 Å². The predicted octanol–water partition coefficient (Wildman–Crippen LogP) is 5.59. The second-order valence-corrected chi connectivity index (χ2v) is 7.15. The summed E-state index contributed by atoms with van der Waals surface area (Å²) in [6.07, 6.45) is -7.11. The Morgan fingerprint density at radius 1 is 0.857 bits per heavy atom. The maximum atomic E-state index is 13.9. The lowest BCUT2D eigenvalue weighted by molar-refractivity contribution is -0.390. The van der Waals surface area contributed by atoms with Crippen molar-refractivity contribution in [2.45, 2.75) is 30.9 Å². The number of nitrogens with two attached hydrogens (primary N) is 2. The van der Waals surface area contributed by atoms with Crippen LogP contribution in [0.25, 0.3) is 0 Å². The summed E-state index contributed by atoms with van der Waals surface area (Å²) in [5.74, 6) is -14.7. The van der Waals surface area contributed by atoms with E-state index in [-0.39, 0.29) is 22.6 Å². The van der Waals surface area contributed by atoms with Crippen LogP contribution in [-0.4, -0.2) is 30.0 Å². The highest BCUT2D eigenvalue weighted by Gasteiger charge is 2.82. The number of allylic oxidation sites excluding steroid dienone is 1. The lowest BCUT2D eigenvalue weighted by atomic mass is 10.0. The molecule has 2 aromatic rings. The molecule has 6 N–H and O–H groups in total. The molecule has 0 aliphatic rings. The second kappa shape index (κ2) is 9.56. The molecule has 192 valence electrons. The number of para-hydroxylation sites is 1. The van der Waals surface area contributed by atoms with Crippen LogP contribution in [0.15, 0.2) is 60.4 Å². The van der Waals surface area contributed by atoms with Gasteiger partial charge >= 0.3 is 30.0 Å². The lowest BCUT2D eigenvalue weighted by Gasteiger charge is -2.34. The number of anilines is 3. The zero-order valence-corrected chi connectivity index (χ0v) is 17.6. The first-order valence-corrected chi connectivity index (χ1v) is 9.37. The van der Waals surface area contributed by atoms with Gasteiger partial charge in [0, 0.05) is 17.6 Å². The molecular weight excluding hydrogens is 497 g/mol. The molecule has 0 atom stereocenters. The lowest BCUT2D eigenvalue weighted by Crippen LogP contribution is -2.62. The van der Waals surface area contributed by atoms with Gasteiger partial charge in [-0.25, -0.2) is 10.6 Å². The Bertz CT molecular complexity index is 1090. The van der Waals surface area contributed by atoms with Crippen LogP contribution in [0.2, 0.25) is 0 Å². The SMILES string of the molecule is Cc1ccccc1NC(=O)Nc1ccc(N(N)/C=C(\N)C(F)(F)C(F)(F)C(F)(F)C(F)(F)F)cc1. The number of nitrogens with zero attached hydrogens (tertiary/aromatic N) is 1. The van der Waals surface area contributed by atoms with Crippen LogP contribution in [0.5, 0.6) is 0 Å². The normalized spacial score (nSPS) is 13.4. The van der Waals surface area contributed by atoms with Crippen molar-refractivity contribution in [1.82, 2.24) is 0 Å². The molecule has 0 radical (unpaired) electrons. The van der Waals surface area contributed by atoms with E-state index in [9.17, 15) is 44.3 Å². The number of carbonyl (C=O) groups is 1. The summed E-state index contributed by atoms with van der Waals surface area (Å²) >= 11 is 0. The molecule has 0 unspecified atom stereocenters. The molecular formula is C20H18F9N5O. The van der Waals surface area contributed by atoms with Crippen molar-refractivity contribution in [3.8, 4) is 0 Å². The fourth-order valence-corrected chi connectivity index (χ4v) is 2.58. The minimum atomic E-state index is -7.09. The van der Waals surface area contributed by atoms with E-state index in [2.05, 4.69) is 10.6 Å². The topological polar surface area (TPSA) is 96.4 Å². The van der Waals surface area contributed by atoms with Crippen molar-refractivity contribution in [3.63, 3.8) is 0 Å². The zero-order chi connectivity index (χ0) is 26.8. The standard InChI is InChI=1S/C20H18F9N5O/c1-11-4-2-3-5-14(11)33-16(35)32-12-6-8-13(9-7-12)34(31)10-15(30)17(21,22)18(23,24)19(25,26)20(27,28)29/h2-10H,30-31H2,1H3,(H2,32,33,35)/b15-10-. The van der Waals surface area contributed by atoms with Crippen LogP contribution >= 0.6 is 0 Å². The first-order valence-electron chi connectivity index (χ1n) is 9.37. The summed E-state index contributed by atoms with van der Waals surface area (Å²) < 4.78 is 117. The van der Waals surface area contributed by atoms with Crippen LogP contribution in [0.1, 0.15) is 5.56 Å². The smallest absolute Gasteiger partial charge is 0.396 e. The number of hydrogen-bond acceptors (Lipinski definition) is 4. The van der Waals surface area contributed by atoms with Gasteiger partial charge in [-0.2, -0.15) is 39.5 Å². The van der Waals surface area contributed by atoms with E-state index in [1.165, 1.54) is 12.1 Å². The molecule has 0 spiro atoms. The Kier molecular flexibility index (Phi) is 7.54. The molecule has 0 aromatic heterocycles. The quantitative estimate of drug-likeness (QED) is 0.220. The molecule has 2 aromatic carbocycles. The van der Waals surface area contributed by atoms with Gasteiger partial charge in [0.2, 0.25) is 0 Å². The van der Waals surface area contributed by atoms with Crippen molar-refractivity contribution in [2.24, 2.45) is 11.6 Å². The second-order valence-electron chi connectivity index (χ2n) is 7.15. The Balaban J connectivity index is 2.15. The van der Waals surface area contributed by atoms with Gasteiger partial charge in [0.1, 0.15) is 5.70 Å². The minimum absolute atomic E-state index is 0.131. The molecule has 6 nitrogen and oxygen atoms in total. The van der Waals surface area contributed by atoms with Crippen LogP contribution in [0.4, 0.5) is 61.4 Å². The first kappa shape index (κ1) is 27.6. The Morgan fingerprint density at radius 2 is 1.40 bits per heavy atom. The van der Waals surface area contributed by atoms with Crippen LogP contribution in [0.3, 0.4) is 0 Å². The van der Waals surface area contributed by atoms with Gasteiger partial charge in [-0.15, -0.1) is 0 Å². The van der Waals surface area contributed by atoms with Gasteiger partial charge in [-0.1, -0.05) is 18.2 Å². The number of rotatable bonds is 7. The summed E-state index contributed by atoms with van der Waals surface area (Å²) in [5, 5.41) is 5.21. The third kappa shape index (κ3) is 5.55. The molecule has 0 fully saturated rings. The molecule has 0 bridgehead atoms. The minimum Gasteiger partial charge on any atom is -0.396 e. The summed E-state index contributed by atoms with van der Waals surface area (Å²) in [5.41, 5.74) is 3.63. The molecule has 15 heteroatoms. The van der Waals surface area contributed by atoms with Gasteiger partial charge in [-0.3, -0.25) is 5.01 Å². The largest absolute Gasteiger partial charge is 0.460 e. The highest BCUT2D eigenvalue weighted by Crippen LogP contribution is 2.54. The Morgan fingerprint density at radius 3 is 1.91 bits per heavy atom. The number of hydrogen-bond donors (Lipinski definition) is 4. The van der Waals surface area contributed by atoms with Crippen LogP contribution in [0, 0.1) is 6.92 Å². The van der Waals surface area contributed by atoms with Gasteiger partial charge in [-0.05, 0) is 42.8 Å². The molecule has 0 saturated heterocycles. The zero-order valence-electron chi connectivity index (χ0n) is 17.6. The van der Waals surface area contributed by atoms with Gasteiger partial charge in [0.15, 0.2) is 0 Å². The maximum absolute atomic E-state index is 13.9. The number of amides is 2. The first-order chi connectivity index (χ1) is 15.9. The van der Waals surface area contributed by atoms with Crippen molar-refractivity contribution in [1.29, 1.82) is 0 Å². The number of hydrazine groups is 1. The number of benzene rings is 2. The van der Waals surface area contributed by atoms with Crippen molar-refractivity contribution in [2.75, 3.05) is 15.6 Å². The number of halogens is 9. The van der Waals surface area contributed by atoms with E-state index < -0.39 is 35.7 Å². The van der Waals surface area contributed by atoms with E-state index >= 15 is 0 Å². The summed E-state index contributed by atoms with van der Waals surface area (Å²) in [6, 6.07) is 10.8. The van der Waals surface area contributed by atoms with Gasteiger partial charge in [0.25, 0.3) is 0 Å². The fourth-order valence-electron chi connectivity index (χ4n) is 2.58. The molecule has 0 saturated carbocycles. The third-order valence-corrected chi connectivity index (χ3v) is 4.60. The molecule has 0 aliphatic heterocycles. The van der Waals surface area contributed by atoms with E-state index in [1.54, 1.807) is 31.2 Å². The number of urea groups is 1.